The van der Waals surface area contributed by atoms with E-state index < -0.39 is 0 Å². The second-order valence-electron chi connectivity index (χ2n) is 4.67. The lowest BCUT2D eigenvalue weighted by Gasteiger charge is -2.38. The normalized spacial score (nSPS) is 34.8. The first-order chi connectivity index (χ1) is 6.22. The van der Waals surface area contributed by atoms with Crippen molar-refractivity contribution in [2.45, 2.75) is 39.5 Å². The third kappa shape index (κ3) is 2.96. The van der Waals surface area contributed by atoms with Crippen molar-refractivity contribution in [3.63, 3.8) is 0 Å². The van der Waals surface area contributed by atoms with E-state index in [0.29, 0.717) is 5.41 Å². The van der Waals surface area contributed by atoms with Crippen LogP contribution in [0.5, 0.6) is 0 Å². The second-order valence-corrected chi connectivity index (χ2v) is 4.67. The van der Waals surface area contributed by atoms with E-state index in [9.17, 15) is 0 Å². The van der Waals surface area contributed by atoms with Crippen molar-refractivity contribution >= 4 is 0 Å². The van der Waals surface area contributed by atoms with Gasteiger partial charge in [0.05, 0.1) is 0 Å². The Morgan fingerprint density at radius 3 is 2.46 bits per heavy atom. The zero-order valence-electron chi connectivity index (χ0n) is 9.10. The van der Waals surface area contributed by atoms with Crippen LogP contribution in [0.3, 0.4) is 0 Å². The van der Waals surface area contributed by atoms with Crippen LogP contribution in [0.15, 0.2) is 0 Å². The number of nitrogens with one attached hydrogen (secondary N) is 1. The minimum absolute atomic E-state index is 0.419. The van der Waals surface area contributed by atoms with E-state index in [2.05, 4.69) is 19.2 Å². The van der Waals surface area contributed by atoms with Crippen LogP contribution in [0.1, 0.15) is 39.5 Å². The topological polar surface area (TPSA) is 38.0 Å². The van der Waals surface area contributed by atoms with Crippen molar-refractivity contribution in [2.75, 3.05) is 19.6 Å². The summed E-state index contributed by atoms with van der Waals surface area (Å²) in [6.45, 7) is 7.56. The van der Waals surface area contributed by atoms with Gasteiger partial charge in [0, 0.05) is 6.54 Å². The molecule has 1 fully saturated rings. The highest BCUT2D eigenvalue weighted by Gasteiger charge is 2.32. The number of rotatable bonds is 4. The molecule has 0 aromatic carbocycles. The molecule has 2 heteroatoms. The van der Waals surface area contributed by atoms with Gasteiger partial charge in [-0.2, -0.15) is 0 Å². The lowest BCUT2D eigenvalue weighted by Crippen LogP contribution is -2.42. The molecule has 2 nitrogen and oxygen atoms in total. The average Bonchev–Trinajstić information content (AvgIpc) is 2.18. The Labute approximate surface area is 82.3 Å². The second kappa shape index (κ2) is 4.97. The van der Waals surface area contributed by atoms with E-state index >= 15 is 0 Å². The van der Waals surface area contributed by atoms with Crippen molar-refractivity contribution in [3.05, 3.63) is 0 Å². The molecule has 1 saturated carbocycles. The molecule has 0 amide bonds. The van der Waals surface area contributed by atoms with Gasteiger partial charge in [0.15, 0.2) is 0 Å². The summed E-state index contributed by atoms with van der Waals surface area (Å²) in [5, 5.41) is 3.44. The number of hydrogen-bond acceptors (Lipinski definition) is 2. The maximum atomic E-state index is 5.88. The fourth-order valence-corrected chi connectivity index (χ4v) is 2.22. The third-order valence-corrected chi connectivity index (χ3v) is 3.52. The van der Waals surface area contributed by atoms with Crippen LogP contribution < -0.4 is 11.1 Å². The summed E-state index contributed by atoms with van der Waals surface area (Å²) in [4.78, 5) is 0. The SMILES string of the molecule is CCNCC1(CN)CCC(C)CC1. The molecule has 0 radical (unpaired) electrons. The van der Waals surface area contributed by atoms with Crippen LogP contribution in [0.2, 0.25) is 0 Å². The highest BCUT2D eigenvalue weighted by molar-refractivity contribution is 4.87. The van der Waals surface area contributed by atoms with E-state index in [0.717, 1.165) is 25.6 Å². The Morgan fingerprint density at radius 1 is 1.38 bits per heavy atom. The van der Waals surface area contributed by atoms with Gasteiger partial charge in [-0.3, -0.25) is 0 Å². The molecule has 1 aliphatic rings. The summed E-state index contributed by atoms with van der Waals surface area (Å²) in [5.74, 6) is 0.918. The van der Waals surface area contributed by atoms with Crippen molar-refractivity contribution in [3.8, 4) is 0 Å². The molecule has 0 aliphatic heterocycles. The zero-order chi connectivity index (χ0) is 9.73. The molecular formula is C11H24N2. The maximum Gasteiger partial charge on any atom is 0.00198 e. The number of nitrogens with two attached hydrogens (primary N) is 1. The molecule has 0 saturated heterocycles. The first kappa shape index (κ1) is 11.0. The van der Waals surface area contributed by atoms with Crippen molar-refractivity contribution in [1.29, 1.82) is 0 Å². The van der Waals surface area contributed by atoms with Gasteiger partial charge >= 0.3 is 0 Å². The Hall–Kier alpha value is -0.0800. The van der Waals surface area contributed by atoms with Gasteiger partial charge in [-0.25, -0.2) is 0 Å². The summed E-state index contributed by atoms with van der Waals surface area (Å²) in [7, 11) is 0. The van der Waals surface area contributed by atoms with Crippen LogP contribution in [0.25, 0.3) is 0 Å². The van der Waals surface area contributed by atoms with E-state index in [1.807, 2.05) is 0 Å². The molecule has 0 unspecified atom stereocenters. The first-order valence-electron chi connectivity index (χ1n) is 5.63. The van der Waals surface area contributed by atoms with E-state index in [1.54, 1.807) is 0 Å². The summed E-state index contributed by atoms with van der Waals surface area (Å²) in [6, 6.07) is 0. The molecule has 0 heterocycles. The van der Waals surface area contributed by atoms with Crippen LogP contribution in [-0.2, 0) is 0 Å². The predicted octanol–water partition coefficient (Wildman–Crippen LogP) is 1.75. The molecule has 13 heavy (non-hydrogen) atoms. The van der Waals surface area contributed by atoms with Crippen molar-refractivity contribution < 1.29 is 0 Å². The molecule has 0 aromatic rings. The summed E-state index contributed by atoms with van der Waals surface area (Å²) in [5.41, 5.74) is 6.30. The van der Waals surface area contributed by atoms with Gasteiger partial charge in [-0.1, -0.05) is 26.7 Å². The minimum Gasteiger partial charge on any atom is -0.330 e. The lowest BCUT2D eigenvalue weighted by atomic mass is 9.71. The summed E-state index contributed by atoms with van der Waals surface area (Å²) in [6.07, 6.45) is 5.36. The van der Waals surface area contributed by atoms with Crippen LogP contribution in [0.4, 0.5) is 0 Å². The van der Waals surface area contributed by atoms with Gasteiger partial charge in [-0.15, -0.1) is 0 Å². The zero-order valence-corrected chi connectivity index (χ0v) is 9.10. The molecule has 78 valence electrons. The quantitative estimate of drug-likeness (QED) is 0.698. The van der Waals surface area contributed by atoms with E-state index in [-0.39, 0.29) is 0 Å². The Bertz CT molecular complexity index is 132. The Balaban J connectivity index is 2.40. The molecule has 1 aliphatic carbocycles. The van der Waals surface area contributed by atoms with Crippen molar-refractivity contribution in [2.24, 2.45) is 17.1 Å². The molecule has 0 spiro atoms. The van der Waals surface area contributed by atoms with Crippen LogP contribution in [-0.4, -0.2) is 19.6 Å². The standard InChI is InChI=1S/C11H24N2/c1-3-13-9-11(8-12)6-4-10(2)5-7-11/h10,13H,3-9,12H2,1-2H3. The smallest absolute Gasteiger partial charge is 0.00198 e. The molecule has 0 aromatic heterocycles. The van der Waals surface area contributed by atoms with Crippen molar-refractivity contribution in [1.82, 2.24) is 5.32 Å². The Morgan fingerprint density at radius 2 is 2.00 bits per heavy atom. The van der Waals surface area contributed by atoms with Crippen LogP contribution in [0, 0.1) is 11.3 Å². The highest BCUT2D eigenvalue weighted by atomic mass is 14.9. The molecular weight excluding hydrogens is 160 g/mol. The average molecular weight is 184 g/mol. The van der Waals surface area contributed by atoms with E-state index in [4.69, 9.17) is 5.73 Å². The Kier molecular flexibility index (Phi) is 4.20. The molecule has 0 bridgehead atoms. The molecule has 1 rings (SSSR count). The van der Waals surface area contributed by atoms with Gasteiger partial charge < -0.3 is 11.1 Å². The van der Waals surface area contributed by atoms with Gasteiger partial charge in [-0.05, 0) is 37.3 Å². The fraction of sp³-hybridized carbons (Fsp3) is 1.00. The summed E-state index contributed by atoms with van der Waals surface area (Å²) >= 11 is 0. The fourth-order valence-electron chi connectivity index (χ4n) is 2.22. The largest absolute Gasteiger partial charge is 0.330 e. The lowest BCUT2D eigenvalue weighted by molar-refractivity contribution is 0.160. The summed E-state index contributed by atoms with van der Waals surface area (Å²) < 4.78 is 0. The highest BCUT2D eigenvalue weighted by Crippen LogP contribution is 2.37. The number of hydrogen-bond donors (Lipinski definition) is 2. The maximum absolute atomic E-state index is 5.88. The minimum atomic E-state index is 0.419. The molecule has 0 atom stereocenters. The monoisotopic (exact) mass is 184 g/mol. The van der Waals surface area contributed by atoms with Gasteiger partial charge in [0.1, 0.15) is 0 Å². The predicted molar refractivity (Wildman–Crippen MR) is 57.7 cm³/mol. The van der Waals surface area contributed by atoms with E-state index in [1.165, 1.54) is 25.7 Å². The van der Waals surface area contributed by atoms with Gasteiger partial charge in [0.25, 0.3) is 0 Å². The third-order valence-electron chi connectivity index (χ3n) is 3.52. The van der Waals surface area contributed by atoms with Gasteiger partial charge in [0.2, 0.25) is 0 Å². The van der Waals surface area contributed by atoms with Crippen LogP contribution >= 0.6 is 0 Å². The first-order valence-corrected chi connectivity index (χ1v) is 5.63. The molecule has 3 N–H and O–H groups in total.